The van der Waals surface area contributed by atoms with E-state index in [1.165, 1.54) is 19.2 Å². The molecule has 7 heteroatoms. The molecule has 0 aliphatic rings. The Hall–Kier alpha value is -3.48. The molecule has 0 atom stereocenters. The van der Waals surface area contributed by atoms with Crippen LogP contribution in [-0.2, 0) is 0 Å². The van der Waals surface area contributed by atoms with Crippen molar-refractivity contribution in [3.63, 3.8) is 0 Å². The Labute approximate surface area is 148 Å². The fraction of sp³-hybridized carbons (Fsp3) is 0.105. The molecule has 4 aromatic rings. The van der Waals surface area contributed by atoms with Crippen molar-refractivity contribution in [2.75, 3.05) is 14.2 Å². The molecule has 6 nitrogen and oxygen atoms in total. The molecule has 0 saturated heterocycles. The van der Waals surface area contributed by atoms with Gasteiger partial charge in [0.05, 0.1) is 25.3 Å². The number of pyridine rings is 1. The third kappa shape index (κ3) is 2.83. The minimum atomic E-state index is -0.331. The van der Waals surface area contributed by atoms with Crippen molar-refractivity contribution in [2.24, 2.45) is 0 Å². The maximum atomic E-state index is 13.1. The van der Waals surface area contributed by atoms with Gasteiger partial charge in [-0.3, -0.25) is 0 Å². The lowest BCUT2D eigenvalue weighted by Crippen LogP contribution is -1.94. The van der Waals surface area contributed by atoms with E-state index in [1.54, 1.807) is 19.2 Å². The van der Waals surface area contributed by atoms with Crippen molar-refractivity contribution in [1.82, 2.24) is 15.1 Å². The number of nitrogens with zero attached hydrogens (tertiary/aromatic N) is 3. The molecule has 0 aliphatic carbocycles. The van der Waals surface area contributed by atoms with Crippen LogP contribution in [-0.4, -0.2) is 29.3 Å². The van der Waals surface area contributed by atoms with Crippen molar-refractivity contribution in [2.45, 2.75) is 0 Å². The second-order valence-electron chi connectivity index (χ2n) is 5.53. The normalized spacial score (nSPS) is 10.9. The first kappa shape index (κ1) is 16.0. The highest BCUT2D eigenvalue weighted by Crippen LogP contribution is 2.32. The van der Waals surface area contributed by atoms with E-state index in [2.05, 4.69) is 15.1 Å². The average Bonchev–Trinajstić information content (AvgIpc) is 3.17. The molecule has 130 valence electrons. The Bertz CT molecular complexity index is 1080. The van der Waals surface area contributed by atoms with E-state index in [-0.39, 0.29) is 11.7 Å². The summed E-state index contributed by atoms with van der Waals surface area (Å²) in [4.78, 5) is 8.88. The molecule has 0 bridgehead atoms. The molecule has 26 heavy (non-hydrogen) atoms. The Morgan fingerprint density at radius 2 is 1.73 bits per heavy atom. The van der Waals surface area contributed by atoms with Gasteiger partial charge in [-0.1, -0.05) is 5.16 Å². The Morgan fingerprint density at radius 1 is 0.923 bits per heavy atom. The summed E-state index contributed by atoms with van der Waals surface area (Å²) in [5.41, 5.74) is 1.97. The van der Waals surface area contributed by atoms with Crippen molar-refractivity contribution in [3.05, 3.63) is 54.3 Å². The zero-order valence-corrected chi connectivity index (χ0v) is 14.1. The summed E-state index contributed by atoms with van der Waals surface area (Å²) >= 11 is 0. The van der Waals surface area contributed by atoms with Crippen LogP contribution < -0.4 is 9.47 Å². The van der Waals surface area contributed by atoms with Crippen LogP contribution in [0.25, 0.3) is 33.7 Å². The summed E-state index contributed by atoms with van der Waals surface area (Å²) in [6.07, 6.45) is 0. The van der Waals surface area contributed by atoms with E-state index in [0.29, 0.717) is 22.8 Å². The molecule has 2 aromatic heterocycles. The quantitative estimate of drug-likeness (QED) is 0.551. The highest BCUT2D eigenvalue weighted by atomic mass is 19.1. The molecule has 0 fully saturated rings. The Kier molecular flexibility index (Phi) is 3.96. The summed E-state index contributed by atoms with van der Waals surface area (Å²) in [7, 11) is 3.13. The van der Waals surface area contributed by atoms with Crippen molar-refractivity contribution >= 4 is 10.9 Å². The molecule has 2 heterocycles. The smallest absolute Gasteiger partial charge is 0.258 e. The molecule has 0 aliphatic heterocycles. The third-order valence-electron chi connectivity index (χ3n) is 3.94. The summed E-state index contributed by atoms with van der Waals surface area (Å²) < 4.78 is 29.0. The minimum Gasteiger partial charge on any atom is -0.497 e. The van der Waals surface area contributed by atoms with E-state index in [9.17, 15) is 4.39 Å². The molecule has 0 spiro atoms. The molecule has 4 rings (SSSR count). The highest BCUT2D eigenvalue weighted by Gasteiger charge is 2.17. The topological polar surface area (TPSA) is 70.3 Å². The predicted molar refractivity (Wildman–Crippen MR) is 93.5 cm³/mol. The van der Waals surface area contributed by atoms with Gasteiger partial charge in [0.1, 0.15) is 11.6 Å². The second-order valence-corrected chi connectivity index (χ2v) is 5.53. The van der Waals surface area contributed by atoms with Crippen LogP contribution in [0.5, 0.6) is 11.6 Å². The molecular weight excluding hydrogens is 337 g/mol. The van der Waals surface area contributed by atoms with Gasteiger partial charge in [0.15, 0.2) is 0 Å². The number of halogens is 1. The zero-order valence-electron chi connectivity index (χ0n) is 14.1. The van der Waals surface area contributed by atoms with Gasteiger partial charge in [-0.2, -0.15) is 4.98 Å². The lowest BCUT2D eigenvalue weighted by Gasteiger charge is -2.07. The first-order valence-corrected chi connectivity index (χ1v) is 7.81. The van der Waals surface area contributed by atoms with Crippen molar-refractivity contribution in [3.8, 4) is 34.5 Å². The number of rotatable bonds is 4. The molecule has 0 amide bonds. The SMILES string of the molecule is COc1ccc2nc(OC)c(-c3noc(-c4ccc(F)cc4)n3)cc2c1. The number of benzene rings is 2. The minimum absolute atomic E-state index is 0.285. The standard InChI is InChI=1S/C19H14FN3O3/c1-24-14-7-8-16-12(9-14)10-15(19(21-16)25-2)17-22-18(26-23-17)11-3-5-13(20)6-4-11/h3-10H,1-2H3. The van der Waals surface area contributed by atoms with E-state index in [4.69, 9.17) is 14.0 Å². The first-order chi connectivity index (χ1) is 12.7. The Morgan fingerprint density at radius 3 is 2.46 bits per heavy atom. The summed E-state index contributed by atoms with van der Waals surface area (Å²) in [6.45, 7) is 0. The van der Waals surface area contributed by atoms with Crippen LogP contribution in [0.15, 0.2) is 53.1 Å². The molecule has 0 unspecified atom stereocenters. The van der Waals surface area contributed by atoms with Crippen LogP contribution in [0.1, 0.15) is 0 Å². The maximum Gasteiger partial charge on any atom is 0.258 e. The molecule has 2 aromatic carbocycles. The number of hydrogen-bond donors (Lipinski definition) is 0. The van der Waals surface area contributed by atoms with Crippen LogP contribution in [0, 0.1) is 5.82 Å². The lowest BCUT2D eigenvalue weighted by atomic mass is 10.1. The van der Waals surface area contributed by atoms with Crippen LogP contribution in [0.3, 0.4) is 0 Å². The maximum absolute atomic E-state index is 13.1. The third-order valence-corrected chi connectivity index (χ3v) is 3.94. The van der Waals surface area contributed by atoms with Crippen LogP contribution in [0.2, 0.25) is 0 Å². The van der Waals surface area contributed by atoms with E-state index >= 15 is 0 Å². The molecular formula is C19H14FN3O3. The second kappa shape index (κ2) is 6.44. The summed E-state index contributed by atoms with van der Waals surface area (Å²) in [5.74, 6) is 1.39. The zero-order chi connectivity index (χ0) is 18.1. The largest absolute Gasteiger partial charge is 0.497 e. The van der Waals surface area contributed by atoms with Gasteiger partial charge in [-0.05, 0) is 48.5 Å². The van der Waals surface area contributed by atoms with Crippen LogP contribution >= 0.6 is 0 Å². The van der Waals surface area contributed by atoms with Gasteiger partial charge in [0.25, 0.3) is 5.89 Å². The van der Waals surface area contributed by atoms with Gasteiger partial charge in [-0.25, -0.2) is 9.37 Å². The number of aromatic nitrogens is 3. The number of hydrogen-bond acceptors (Lipinski definition) is 6. The lowest BCUT2D eigenvalue weighted by molar-refractivity contribution is 0.399. The fourth-order valence-electron chi connectivity index (χ4n) is 2.62. The number of fused-ring (bicyclic) bond motifs is 1. The van der Waals surface area contributed by atoms with Gasteiger partial charge in [0, 0.05) is 10.9 Å². The number of ether oxygens (including phenoxy) is 2. The van der Waals surface area contributed by atoms with Gasteiger partial charge in [-0.15, -0.1) is 0 Å². The molecule has 0 radical (unpaired) electrons. The monoisotopic (exact) mass is 351 g/mol. The predicted octanol–water partition coefficient (Wildman–Crippen LogP) is 4.11. The fourth-order valence-corrected chi connectivity index (χ4v) is 2.62. The average molecular weight is 351 g/mol. The Balaban J connectivity index is 1.81. The van der Waals surface area contributed by atoms with Crippen LogP contribution in [0.4, 0.5) is 4.39 Å². The van der Waals surface area contributed by atoms with E-state index in [0.717, 1.165) is 16.7 Å². The summed E-state index contributed by atoms with van der Waals surface area (Å²) in [6, 6.07) is 13.2. The first-order valence-electron chi connectivity index (χ1n) is 7.81. The van der Waals surface area contributed by atoms with Gasteiger partial charge < -0.3 is 14.0 Å². The number of methoxy groups -OCH3 is 2. The molecule has 0 saturated carbocycles. The van der Waals surface area contributed by atoms with Gasteiger partial charge in [0.2, 0.25) is 11.7 Å². The van der Waals surface area contributed by atoms with Crippen molar-refractivity contribution < 1.29 is 18.4 Å². The summed E-state index contributed by atoms with van der Waals surface area (Å²) in [5, 5.41) is 4.87. The van der Waals surface area contributed by atoms with E-state index in [1.807, 2.05) is 24.3 Å². The molecule has 0 N–H and O–H groups in total. The van der Waals surface area contributed by atoms with E-state index < -0.39 is 0 Å². The van der Waals surface area contributed by atoms with Crippen molar-refractivity contribution in [1.29, 1.82) is 0 Å². The van der Waals surface area contributed by atoms with Gasteiger partial charge >= 0.3 is 0 Å². The highest BCUT2D eigenvalue weighted by molar-refractivity contribution is 5.86.